The Morgan fingerprint density at radius 2 is 1.77 bits per heavy atom. The van der Waals surface area contributed by atoms with Crippen molar-refractivity contribution >= 4 is 16.9 Å². The molecule has 1 aromatic heterocycles. The van der Waals surface area contributed by atoms with Crippen molar-refractivity contribution in [1.82, 2.24) is 14.8 Å². The van der Waals surface area contributed by atoms with Crippen LogP contribution in [0.1, 0.15) is 43.0 Å². The Kier molecular flexibility index (Phi) is 10.0. The standard InChI is InChI=1S/C32H38F3N3O5/c1-41-25-2-3-29-27(19-25)30(22(20-36-29)21-38-10-13-42-14-11-38)28(35)4-5-32(31(39)40)6-8-37(9-7-32)12-15-43-26-17-23(33)16-24(34)18-26/h2-3,16-20,28H,4-15,21H2,1H3,(H,39,40)/t28-/m1/s1. The topological polar surface area (TPSA) is 84.4 Å². The molecule has 232 valence electrons. The van der Waals surface area contributed by atoms with Gasteiger partial charge >= 0.3 is 5.97 Å². The van der Waals surface area contributed by atoms with Gasteiger partial charge in [0, 0.05) is 61.5 Å². The zero-order valence-corrected chi connectivity index (χ0v) is 24.4. The fourth-order valence-corrected chi connectivity index (χ4v) is 6.08. The Balaban J connectivity index is 1.25. The van der Waals surface area contributed by atoms with Gasteiger partial charge in [0.2, 0.25) is 0 Å². The molecule has 2 aromatic carbocycles. The van der Waals surface area contributed by atoms with E-state index < -0.39 is 29.2 Å². The minimum absolute atomic E-state index is 0.0625. The molecular weight excluding hydrogens is 563 g/mol. The average Bonchev–Trinajstić information content (AvgIpc) is 3.00. The number of aliphatic carboxylic acids is 1. The minimum atomic E-state index is -1.39. The first-order valence-electron chi connectivity index (χ1n) is 14.7. The summed E-state index contributed by atoms with van der Waals surface area (Å²) in [6.07, 6.45) is 1.35. The zero-order valence-electron chi connectivity index (χ0n) is 24.4. The van der Waals surface area contributed by atoms with Gasteiger partial charge in [0.15, 0.2) is 0 Å². The number of pyridine rings is 1. The lowest BCUT2D eigenvalue weighted by Crippen LogP contribution is -2.45. The molecule has 1 atom stereocenters. The number of nitrogens with zero attached hydrogens (tertiary/aromatic N) is 3. The Hall–Kier alpha value is -3.41. The second kappa shape index (κ2) is 13.9. The number of aromatic nitrogens is 1. The van der Waals surface area contributed by atoms with Crippen LogP contribution in [0, 0.1) is 17.0 Å². The van der Waals surface area contributed by atoms with Crippen LogP contribution < -0.4 is 9.47 Å². The monoisotopic (exact) mass is 601 g/mol. The van der Waals surface area contributed by atoms with Gasteiger partial charge in [-0.15, -0.1) is 0 Å². The second-order valence-corrected chi connectivity index (χ2v) is 11.4. The molecule has 2 saturated heterocycles. The maximum absolute atomic E-state index is 16.4. The van der Waals surface area contributed by atoms with Crippen molar-refractivity contribution in [2.24, 2.45) is 5.41 Å². The van der Waals surface area contributed by atoms with E-state index in [-0.39, 0.29) is 25.2 Å². The van der Waals surface area contributed by atoms with Gasteiger partial charge in [0.1, 0.15) is 35.9 Å². The van der Waals surface area contributed by atoms with E-state index in [9.17, 15) is 18.7 Å². The molecule has 43 heavy (non-hydrogen) atoms. The number of carbonyl (C=O) groups is 1. The predicted octanol–water partition coefficient (Wildman–Crippen LogP) is 5.39. The van der Waals surface area contributed by atoms with Crippen molar-refractivity contribution in [2.75, 3.05) is 59.7 Å². The summed E-state index contributed by atoms with van der Waals surface area (Å²) in [5, 5.41) is 10.9. The number of hydrogen-bond acceptors (Lipinski definition) is 7. The summed E-state index contributed by atoms with van der Waals surface area (Å²) in [6.45, 7) is 4.96. The first-order chi connectivity index (χ1) is 20.8. The molecule has 0 amide bonds. The average molecular weight is 602 g/mol. The lowest BCUT2D eigenvalue weighted by atomic mass is 9.74. The summed E-state index contributed by atoms with van der Waals surface area (Å²) in [5.74, 6) is -1.62. The number of halogens is 3. The Morgan fingerprint density at radius 1 is 1.05 bits per heavy atom. The van der Waals surface area contributed by atoms with Gasteiger partial charge in [0.05, 0.1) is 31.3 Å². The van der Waals surface area contributed by atoms with E-state index in [0.717, 1.165) is 36.9 Å². The molecule has 1 N–H and O–H groups in total. The molecule has 5 rings (SSSR count). The number of piperidine rings is 1. The lowest BCUT2D eigenvalue weighted by Gasteiger charge is -2.39. The number of hydrogen-bond donors (Lipinski definition) is 1. The number of benzene rings is 2. The molecule has 2 fully saturated rings. The molecule has 0 aliphatic carbocycles. The third kappa shape index (κ3) is 7.57. The number of carboxylic acid groups (broad SMARTS) is 1. The Bertz CT molecular complexity index is 1390. The normalized spacial score (nSPS) is 18.4. The van der Waals surface area contributed by atoms with E-state index in [2.05, 4.69) is 14.8 Å². The maximum Gasteiger partial charge on any atom is 0.309 e. The molecule has 2 aliphatic heterocycles. The predicted molar refractivity (Wildman–Crippen MR) is 155 cm³/mol. The number of rotatable bonds is 12. The molecule has 3 heterocycles. The van der Waals surface area contributed by atoms with Crippen molar-refractivity contribution in [3.8, 4) is 11.5 Å². The lowest BCUT2D eigenvalue weighted by molar-refractivity contribution is -0.153. The number of fused-ring (bicyclic) bond motifs is 1. The summed E-state index contributed by atoms with van der Waals surface area (Å²) in [7, 11) is 1.56. The van der Waals surface area contributed by atoms with Crippen molar-refractivity contribution in [2.45, 2.75) is 38.4 Å². The number of likely N-dealkylation sites (tertiary alicyclic amines) is 1. The van der Waals surface area contributed by atoms with Crippen LogP contribution in [0.2, 0.25) is 0 Å². The van der Waals surface area contributed by atoms with Gasteiger partial charge < -0.3 is 19.3 Å². The second-order valence-electron chi connectivity index (χ2n) is 11.4. The van der Waals surface area contributed by atoms with Crippen LogP contribution >= 0.6 is 0 Å². The third-order valence-corrected chi connectivity index (χ3v) is 8.67. The number of alkyl halides is 1. The summed E-state index contributed by atoms with van der Waals surface area (Å²) < 4.78 is 59.6. The van der Waals surface area contributed by atoms with Crippen LogP contribution in [0.3, 0.4) is 0 Å². The van der Waals surface area contributed by atoms with Gasteiger partial charge in [0.25, 0.3) is 0 Å². The highest BCUT2D eigenvalue weighted by molar-refractivity contribution is 5.85. The molecule has 2 aliphatic rings. The molecule has 0 bridgehead atoms. The van der Waals surface area contributed by atoms with E-state index in [0.29, 0.717) is 74.5 Å². The number of carboxylic acids is 1. The fraction of sp³-hybridized carbons (Fsp3) is 0.500. The zero-order chi connectivity index (χ0) is 30.4. The Morgan fingerprint density at radius 3 is 2.44 bits per heavy atom. The van der Waals surface area contributed by atoms with Crippen LogP contribution in [-0.4, -0.2) is 85.5 Å². The quantitative estimate of drug-likeness (QED) is 0.296. The van der Waals surface area contributed by atoms with Gasteiger partial charge in [-0.2, -0.15) is 0 Å². The van der Waals surface area contributed by atoms with Gasteiger partial charge in [-0.05, 0) is 62.5 Å². The molecule has 11 heteroatoms. The van der Waals surface area contributed by atoms with Crippen LogP contribution in [-0.2, 0) is 16.1 Å². The summed E-state index contributed by atoms with van der Waals surface area (Å²) in [5.41, 5.74) is 0.943. The van der Waals surface area contributed by atoms with Crippen molar-refractivity contribution in [1.29, 1.82) is 0 Å². The van der Waals surface area contributed by atoms with Crippen LogP contribution in [0.15, 0.2) is 42.6 Å². The first kappa shape index (κ1) is 31.0. The highest BCUT2D eigenvalue weighted by Gasteiger charge is 2.42. The van der Waals surface area contributed by atoms with Gasteiger partial charge in [-0.3, -0.25) is 19.6 Å². The van der Waals surface area contributed by atoms with Gasteiger partial charge in [-0.25, -0.2) is 13.2 Å². The van der Waals surface area contributed by atoms with E-state index >= 15 is 4.39 Å². The summed E-state index contributed by atoms with van der Waals surface area (Å²) in [6, 6.07) is 8.43. The highest BCUT2D eigenvalue weighted by atomic mass is 19.1. The number of ether oxygens (including phenoxy) is 3. The molecule has 0 saturated carbocycles. The smallest absolute Gasteiger partial charge is 0.309 e. The minimum Gasteiger partial charge on any atom is -0.497 e. The number of methoxy groups -OCH3 is 1. The fourth-order valence-electron chi connectivity index (χ4n) is 6.08. The largest absolute Gasteiger partial charge is 0.497 e. The van der Waals surface area contributed by atoms with E-state index in [1.165, 1.54) is 0 Å². The van der Waals surface area contributed by atoms with E-state index in [4.69, 9.17) is 14.2 Å². The first-order valence-corrected chi connectivity index (χ1v) is 14.7. The molecule has 8 nitrogen and oxygen atoms in total. The summed E-state index contributed by atoms with van der Waals surface area (Å²) in [4.78, 5) is 21.4. The Labute approximate surface area is 249 Å². The number of morpholine rings is 1. The van der Waals surface area contributed by atoms with E-state index in [1.54, 1.807) is 25.4 Å². The van der Waals surface area contributed by atoms with Crippen molar-refractivity contribution < 1.29 is 37.3 Å². The van der Waals surface area contributed by atoms with E-state index in [1.807, 2.05) is 6.07 Å². The molecule has 0 radical (unpaired) electrons. The van der Waals surface area contributed by atoms with Gasteiger partial charge in [-0.1, -0.05) is 0 Å². The third-order valence-electron chi connectivity index (χ3n) is 8.67. The molecule has 3 aromatic rings. The molecule has 0 unspecified atom stereocenters. The van der Waals surface area contributed by atoms with Crippen LogP contribution in [0.25, 0.3) is 10.9 Å². The SMILES string of the molecule is COc1ccc2ncc(CN3CCOCC3)c([C@H](F)CCC3(C(=O)O)CCN(CCOc4cc(F)cc(F)c4)CC3)c2c1. The van der Waals surface area contributed by atoms with Crippen LogP contribution in [0.5, 0.6) is 11.5 Å². The molecular formula is C32H38F3N3O5. The molecule has 0 spiro atoms. The maximum atomic E-state index is 16.4. The van der Waals surface area contributed by atoms with Crippen molar-refractivity contribution in [3.05, 3.63) is 65.4 Å². The van der Waals surface area contributed by atoms with Crippen molar-refractivity contribution in [3.63, 3.8) is 0 Å². The summed E-state index contributed by atoms with van der Waals surface area (Å²) >= 11 is 0. The van der Waals surface area contributed by atoms with Crippen LogP contribution in [0.4, 0.5) is 13.2 Å². The highest BCUT2D eigenvalue weighted by Crippen LogP contribution is 2.41.